The molecule has 0 aliphatic carbocycles. The molecular formula is C8H20ClN. The fraction of sp³-hybridized carbons (Fsp3) is 1.00. The summed E-state index contributed by atoms with van der Waals surface area (Å²) < 4.78 is 0. The van der Waals surface area contributed by atoms with Crippen LogP contribution in [0.2, 0.25) is 0 Å². The summed E-state index contributed by atoms with van der Waals surface area (Å²) in [5.74, 6) is 0.716. The lowest BCUT2D eigenvalue weighted by molar-refractivity contribution is 0.401. The fourth-order valence-corrected chi connectivity index (χ4v) is 0.620. The molecule has 64 valence electrons. The third-order valence-corrected chi connectivity index (χ3v) is 1.74. The SMILES string of the molecule is CC.CNCC(C)(C)CCl. The Labute approximate surface area is 70.2 Å². The average Bonchev–Trinajstić information content (AvgIpc) is 1.93. The number of halogens is 1. The Bertz CT molecular complexity index is 62.3. The number of hydrogen-bond acceptors (Lipinski definition) is 1. The van der Waals surface area contributed by atoms with Crippen molar-refractivity contribution in [3.05, 3.63) is 0 Å². The third-order valence-electron chi connectivity index (χ3n) is 1.02. The summed E-state index contributed by atoms with van der Waals surface area (Å²) >= 11 is 5.63. The fourth-order valence-electron chi connectivity index (χ4n) is 0.526. The van der Waals surface area contributed by atoms with Gasteiger partial charge in [0.05, 0.1) is 0 Å². The maximum atomic E-state index is 5.63. The highest BCUT2D eigenvalue weighted by Crippen LogP contribution is 2.14. The van der Waals surface area contributed by atoms with Crippen molar-refractivity contribution < 1.29 is 0 Å². The van der Waals surface area contributed by atoms with Crippen LogP contribution in [0.3, 0.4) is 0 Å². The van der Waals surface area contributed by atoms with Gasteiger partial charge in [0.2, 0.25) is 0 Å². The largest absolute Gasteiger partial charge is 0.319 e. The molecule has 2 heteroatoms. The third kappa shape index (κ3) is 8.25. The maximum Gasteiger partial charge on any atom is 0.0286 e. The summed E-state index contributed by atoms with van der Waals surface area (Å²) in [6.07, 6.45) is 0. The zero-order chi connectivity index (χ0) is 8.62. The molecular weight excluding hydrogens is 146 g/mol. The van der Waals surface area contributed by atoms with E-state index in [1.54, 1.807) is 0 Å². The van der Waals surface area contributed by atoms with Crippen molar-refractivity contribution in [2.45, 2.75) is 27.7 Å². The molecule has 0 amide bonds. The van der Waals surface area contributed by atoms with E-state index in [1.165, 1.54) is 0 Å². The number of hydrogen-bond donors (Lipinski definition) is 1. The molecule has 0 bridgehead atoms. The quantitative estimate of drug-likeness (QED) is 0.634. The van der Waals surface area contributed by atoms with Gasteiger partial charge in [-0.3, -0.25) is 0 Å². The molecule has 10 heavy (non-hydrogen) atoms. The second-order valence-corrected chi connectivity index (χ2v) is 3.10. The van der Waals surface area contributed by atoms with Gasteiger partial charge in [-0.2, -0.15) is 0 Å². The molecule has 0 saturated carbocycles. The van der Waals surface area contributed by atoms with Gasteiger partial charge in [-0.1, -0.05) is 27.7 Å². The van der Waals surface area contributed by atoms with Crippen LogP contribution in [-0.4, -0.2) is 19.5 Å². The standard InChI is InChI=1S/C6H14ClN.C2H6/c1-6(2,4-7)5-8-3;1-2/h8H,4-5H2,1-3H3;1-2H3. The van der Waals surface area contributed by atoms with Gasteiger partial charge >= 0.3 is 0 Å². The summed E-state index contributed by atoms with van der Waals surface area (Å²) in [7, 11) is 1.94. The lowest BCUT2D eigenvalue weighted by Gasteiger charge is -2.19. The van der Waals surface area contributed by atoms with Crippen LogP contribution in [0.5, 0.6) is 0 Å². The van der Waals surface area contributed by atoms with E-state index in [1.807, 2.05) is 20.9 Å². The summed E-state index contributed by atoms with van der Waals surface area (Å²) in [6, 6.07) is 0. The van der Waals surface area contributed by atoms with Gasteiger partial charge in [-0.05, 0) is 12.5 Å². The van der Waals surface area contributed by atoms with Gasteiger partial charge in [0.1, 0.15) is 0 Å². The molecule has 0 aromatic heterocycles. The molecule has 0 saturated heterocycles. The molecule has 1 N–H and O–H groups in total. The van der Waals surface area contributed by atoms with Crippen molar-refractivity contribution in [3.63, 3.8) is 0 Å². The van der Waals surface area contributed by atoms with Crippen molar-refractivity contribution in [3.8, 4) is 0 Å². The van der Waals surface area contributed by atoms with Crippen LogP contribution in [0.25, 0.3) is 0 Å². The Kier molecular flexibility index (Phi) is 9.48. The van der Waals surface area contributed by atoms with Crippen LogP contribution in [0.4, 0.5) is 0 Å². The highest BCUT2D eigenvalue weighted by molar-refractivity contribution is 6.18. The Morgan fingerprint density at radius 2 is 1.70 bits per heavy atom. The molecule has 0 unspecified atom stereocenters. The second kappa shape index (κ2) is 7.36. The number of rotatable bonds is 3. The minimum absolute atomic E-state index is 0.246. The first-order valence-electron chi connectivity index (χ1n) is 3.83. The molecule has 0 fully saturated rings. The van der Waals surface area contributed by atoms with E-state index in [9.17, 15) is 0 Å². The van der Waals surface area contributed by atoms with Crippen molar-refractivity contribution in [1.29, 1.82) is 0 Å². The van der Waals surface area contributed by atoms with E-state index in [0.717, 1.165) is 6.54 Å². The van der Waals surface area contributed by atoms with E-state index >= 15 is 0 Å². The van der Waals surface area contributed by atoms with Crippen molar-refractivity contribution in [1.82, 2.24) is 5.32 Å². The molecule has 0 aliphatic heterocycles. The monoisotopic (exact) mass is 165 g/mol. The van der Waals surface area contributed by atoms with E-state index in [4.69, 9.17) is 11.6 Å². The van der Waals surface area contributed by atoms with Crippen molar-refractivity contribution in [2.24, 2.45) is 5.41 Å². The minimum Gasteiger partial charge on any atom is -0.319 e. The molecule has 0 radical (unpaired) electrons. The van der Waals surface area contributed by atoms with Gasteiger partial charge < -0.3 is 5.32 Å². The first-order chi connectivity index (χ1) is 4.62. The molecule has 0 atom stereocenters. The predicted octanol–water partition coefficient (Wildman–Crippen LogP) is 2.50. The lowest BCUT2D eigenvalue weighted by Crippen LogP contribution is -2.27. The van der Waals surface area contributed by atoms with Gasteiger partial charge in [-0.25, -0.2) is 0 Å². The molecule has 0 aliphatic rings. The molecule has 0 heterocycles. The Hall–Kier alpha value is 0.250. The lowest BCUT2D eigenvalue weighted by atomic mass is 9.97. The van der Waals surface area contributed by atoms with Crippen LogP contribution in [0.15, 0.2) is 0 Å². The summed E-state index contributed by atoms with van der Waals surface area (Å²) in [5, 5.41) is 3.07. The summed E-state index contributed by atoms with van der Waals surface area (Å²) in [6.45, 7) is 9.25. The van der Waals surface area contributed by atoms with Gasteiger partial charge in [-0.15, -0.1) is 11.6 Å². The summed E-state index contributed by atoms with van der Waals surface area (Å²) in [4.78, 5) is 0. The van der Waals surface area contributed by atoms with E-state index in [-0.39, 0.29) is 5.41 Å². The Balaban J connectivity index is 0. The zero-order valence-electron chi connectivity index (χ0n) is 7.79. The number of alkyl halides is 1. The smallest absolute Gasteiger partial charge is 0.0286 e. The molecule has 0 aromatic rings. The average molecular weight is 166 g/mol. The van der Waals surface area contributed by atoms with E-state index < -0.39 is 0 Å². The van der Waals surface area contributed by atoms with Crippen molar-refractivity contribution >= 4 is 11.6 Å². The van der Waals surface area contributed by atoms with Gasteiger partial charge in [0, 0.05) is 12.4 Å². The van der Waals surface area contributed by atoms with E-state index in [0.29, 0.717) is 5.88 Å². The Morgan fingerprint density at radius 3 is 1.80 bits per heavy atom. The zero-order valence-corrected chi connectivity index (χ0v) is 8.55. The van der Waals surface area contributed by atoms with Crippen LogP contribution in [-0.2, 0) is 0 Å². The van der Waals surface area contributed by atoms with Crippen LogP contribution in [0, 0.1) is 5.41 Å². The first-order valence-corrected chi connectivity index (χ1v) is 4.36. The highest BCUT2D eigenvalue weighted by Gasteiger charge is 2.13. The molecule has 0 aromatic carbocycles. The Morgan fingerprint density at radius 1 is 1.30 bits per heavy atom. The van der Waals surface area contributed by atoms with Crippen LogP contribution < -0.4 is 5.32 Å². The normalized spacial score (nSPS) is 10.2. The molecule has 0 spiro atoms. The van der Waals surface area contributed by atoms with Crippen molar-refractivity contribution in [2.75, 3.05) is 19.5 Å². The van der Waals surface area contributed by atoms with E-state index in [2.05, 4.69) is 19.2 Å². The first kappa shape index (κ1) is 12.9. The predicted molar refractivity (Wildman–Crippen MR) is 49.8 cm³/mol. The number of nitrogens with one attached hydrogen (secondary N) is 1. The van der Waals surface area contributed by atoms with Gasteiger partial charge in [0.25, 0.3) is 0 Å². The van der Waals surface area contributed by atoms with Crippen LogP contribution in [0.1, 0.15) is 27.7 Å². The minimum atomic E-state index is 0.246. The molecule has 1 nitrogen and oxygen atoms in total. The maximum absolute atomic E-state index is 5.63. The van der Waals surface area contributed by atoms with Crippen LogP contribution >= 0.6 is 11.6 Å². The second-order valence-electron chi connectivity index (χ2n) is 2.83. The topological polar surface area (TPSA) is 12.0 Å². The highest BCUT2D eigenvalue weighted by atomic mass is 35.5. The van der Waals surface area contributed by atoms with Gasteiger partial charge in [0.15, 0.2) is 0 Å². The summed E-state index contributed by atoms with van der Waals surface area (Å²) in [5.41, 5.74) is 0.246. The molecule has 0 rings (SSSR count).